The molecule has 1 aromatic carbocycles. The molecule has 4 aromatic heterocycles. The SMILES string of the molecule is Cc1nc2ccc(C=O)cn2c1-c1nc(-c2ccccc2)c(-c2ncn(C3CCCCO3)n2)s1.O=C(O)N1CCNCC1. The van der Waals surface area contributed by atoms with E-state index in [0.717, 1.165) is 83.4 Å². The molecule has 0 saturated carbocycles. The summed E-state index contributed by atoms with van der Waals surface area (Å²) in [6.07, 6.45) is 6.63. The van der Waals surface area contributed by atoms with E-state index in [1.165, 1.54) is 16.2 Å². The smallest absolute Gasteiger partial charge is 0.407 e. The van der Waals surface area contributed by atoms with Crippen molar-refractivity contribution >= 4 is 29.4 Å². The van der Waals surface area contributed by atoms with Gasteiger partial charge in [0.05, 0.1) is 11.4 Å². The molecule has 1 unspecified atom stereocenters. The summed E-state index contributed by atoms with van der Waals surface area (Å²) in [5.74, 6) is 0.622. The van der Waals surface area contributed by atoms with Crippen molar-refractivity contribution in [1.82, 2.24) is 39.3 Å². The van der Waals surface area contributed by atoms with Gasteiger partial charge in [-0.25, -0.2) is 24.4 Å². The second kappa shape index (κ2) is 12.8. The number of nitrogens with one attached hydrogen (secondary N) is 1. The van der Waals surface area contributed by atoms with Gasteiger partial charge in [0, 0.05) is 50.1 Å². The van der Waals surface area contributed by atoms with E-state index in [0.29, 0.717) is 24.5 Å². The van der Waals surface area contributed by atoms with Crippen molar-refractivity contribution < 1.29 is 19.4 Å². The normalized spacial score (nSPS) is 17.0. The largest absolute Gasteiger partial charge is 0.465 e. The lowest BCUT2D eigenvalue weighted by molar-refractivity contribution is -0.0395. The number of thiazole rings is 1. The van der Waals surface area contributed by atoms with E-state index in [9.17, 15) is 9.59 Å². The van der Waals surface area contributed by atoms with Crippen LogP contribution in [0.1, 0.15) is 41.5 Å². The predicted molar refractivity (Wildman–Crippen MR) is 162 cm³/mol. The van der Waals surface area contributed by atoms with Gasteiger partial charge in [0.15, 0.2) is 18.3 Å². The van der Waals surface area contributed by atoms with Crippen LogP contribution in [-0.4, -0.2) is 84.3 Å². The summed E-state index contributed by atoms with van der Waals surface area (Å²) in [5.41, 5.74) is 4.88. The fraction of sp³-hybridized carbons (Fsp3) is 0.333. The standard InChI is InChI=1S/C25H22N6O2S.C5H10N2O2/c1-16-22(30-13-17(14-32)10-11-19(30)27-16)25-28-21(18-7-3-2-4-8-18)23(34-25)24-26-15-31(29-24)20-9-5-6-12-33-20;8-5(9)7-3-1-6-2-4-7/h2-4,7-8,10-11,13-15,20H,5-6,9,12H2,1H3;6H,1-4H2,(H,8,9). The minimum Gasteiger partial charge on any atom is -0.465 e. The van der Waals surface area contributed by atoms with E-state index in [4.69, 9.17) is 19.9 Å². The summed E-state index contributed by atoms with van der Waals surface area (Å²) in [6, 6.07) is 13.7. The zero-order valence-corrected chi connectivity index (χ0v) is 24.5. The van der Waals surface area contributed by atoms with Gasteiger partial charge in [-0.2, -0.15) is 0 Å². The van der Waals surface area contributed by atoms with E-state index in [1.807, 2.05) is 52.4 Å². The van der Waals surface area contributed by atoms with E-state index < -0.39 is 6.09 Å². The zero-order chi connectivity index (χ0) is 29.8. The molecule has 13 heteroatoms. The van der Waals surface area contributed by atoms with E-state index in [2.05, 4.69) is 15.3 Å². The monoisotopic (exact) mass is 600 g/mol. The van der Waals surface area contributed by atoms with E-state index >= 15 is 0 Å². The average Bonchev–Trinajstić information content (AvgIpc) is 3.79. The number of piperazine rings is 1. The van der Waals surface area contributed by atoms with Crippen LogP contribution >= 0.6 is 11.3 Å². The molecule has 2 aliphatic rings. The number of benzene rings is 1. The number of ether oxygens (including phenoxy) is 1. The number of aldehydes is 1. The third kappa shape index (κ3) is 6.19. The third-order valence-corrected chi connectivity index (χ3v) is 8.44. The molecule has 2 aliphatic heterocycles. The van der Waals surface area contributed by atoms with Crippen LogP contribution in [0.5, 0.6) is 0 Å². The van der Waals surface area contributed by atoms with Gasteiger partial charge in [0.25, 0.3) is 0 Å². The summed E-state index contributed by atoms with van der Waals surface area (Å²) >= 11 is 1.53. The number of carbonyl (C=O) groups excluding carboxylic acids is 1. The van der Waals surface area contributed by atoms with Crippen molar-refractivity contribution in [3.05, 3.63) is 66.2 Å². The Morgan fingerprint density at radius 3 is 2.63 bits per heavy atom. The molecule has 0 spiro atoms. The number of hydrogen-bond donors (Lipinski definition) is 2. The highest BCUT2D eigenvalue weighted by molar-refractivity contribution is 7.18. The predicted octanol–water partition coefficient (Wildman–Crippen LogP) is 4.77. The van der Waals surface area contributed by atoms with Crippen molar-refractivity contribution in [3.8, 4) is 32.7 Å². The van der Waals surface area contributed by atoms with Gasteiger partial charge in [0.1, 0.15) is 27.6 Å². The molecule has 1 amide bonds. The van der Waals surface area contributed by atoms with Crippen LogP contribution in [0.25, 0.3) is 38.3 Å². The number of amides is 1. The Kier molecular flexibility index (Phi) is 8.54. The van der Waals surface area contributed by atoms with Gasteiger partial charge >= 0.3 is 6.09 Å². The summed E-state index contributed by atoms with van der Waals surface area (Å²) in [6.45, 7) is 5.51. The first-order chi connectivity index (χ1) is 21.0. The number of aryl methyl sites for hydroxylation is 1. The number of rotatable bonds is 5. The Morgan fingerprint density at radius 2 is 1.93 bits per heavy atom. The third-order valence-electron chi connectivity index (χ3n) is 7.38. The molecule has 5 aromatic rings. The number of nitrogens with zero attached hydrogens (tertiary/aromatic N) is 7. The maximum atomic E-state index is 11.4. The van der Waals surface area contributed by atoms with Gasteiger partial charge < -0.3 is 20.1 Å². The van der Waals surface area contributed by atoms with Crippen molar-refractivity contribution in [2.45, 2.75) is 32.4 Å². The second-order valence-corrected chi connectivity index (χ2v) is 11.3. The average molecular weight is 601 g/mol. The molecular weight excluding hydrogens is 568 g/mol. The number of pyridine rings is 1. The summed E-state index contributed by atoms with van der Waals surface area (Å²) in [7, 11) is 0. The molecule has 2 saturated heterocycles. The Bertz CT molecular complexity index is 1720. The molecule has 6 heterocycles. The number of carboxylic acid groups (broad SMARTS) is 1. The molecule has 12 nitrogen and oxygen atoms in total. The Hall–Kier alpha value is -4.46. The number of fused-ring (bicyclic) bond motifs is 1. The lowest BCUT2D eigenvalue weighted by Gasteiger charge is -2.23. The van der Waals surface area contributed by atoms with Gasteiger partial charge in [0.2, 0.25) is 0 Å². The topological polar surface area (TPSA) is 140 Å². The van der Waals surface area contributed by atoms with Crippen LogP contribution in [0.15, 0.2) is 55.0 Å². The maximum absolute atomic E-state index is 11.4. The number of hydrogen-bond acceptors (Lipinski definition) is 9. The molecule has 1 atom stereocenters. The van der Waals surface area contributed by atoms with Gasteiger partial charge in [-0.15, -0.1) is 16.4 Å². The number of imidazole rings is 1. The minimum absolute atomic E-state index is 0.0784. The Labute approximate surface area is 252 Å². The van der Waals surface area contributed by atoms with Crippen molar-refractivity contribution in [1.29, 1.82) is 0 Å². The maximum Gasteiger partial charge on any atom is 0.407 e. The van der Waals surface area contributed by atoms with Crippen LogP contribution in [0.4, 0.5) is 4.79 Å². The molecule has 222 valence electrons. The fourth-order valence-electron chi connectivity index (χ4n) is 5.18. The molecule has 2 fully saturated rings. The highest BCUT2D eigenvalue weighted by Crippen LogP contribution is 2.40. The Balaban J connectivity index is 0.000000315. The molecule has 0 bridgehead atoms. The summed E-state index contributed by atoms with van der Waals surface area (Å²) in [4.78, 5) is 38.3. The first-order valence-corrected chi connectivity index (χ1v) is 15.1. The highest BCUT2D eigenvalue weighted by atomic mass is 32.1. The van der Waals surface area contributed by atoms with Crippen LogP contribution in [0.2, 0.25) is 0 Å². The summed E-state index contributed by atoms with van der Waals surface area (Å²) in [5, 5.41) is 17.1. The lowest BCUT2D eigenvalue weighted by atomic mass is 10.1. The van der Waals surface area contributed by atoms with Crippen LogP contribution in [0, 0.1) is 6.92 Å². The minimum atomic E-state index is -0.809. The molecule has 7 rings (SSSR count). The zero-order valence-electron chi connectivity index (χ0n) is 23.7. The lowest BCUT2D eigenvalue weighted by Crippen LogP contribution is -2.45. The first-order valence-electron chi connectivity index (χ1n) is 14.2. The van der Waals surface area contributed by atoms with Gasteiger partial charge in [-0.3, -0.25) is 9.20 Å². The Morgan fingerprint density at radius 1 is 1.12 bits per heavy atom. The fourth-order valence-corrected chi connectivity index (χ4v) is 6.29. The van der Waals surface area contributed by atoms with Crippen LogP contribution < -0.4 is 5.32 Å². The second-order valence-electron chi connectivity index (χ2n) is 10.3. The van der Waals surface area contributed by atoms with Gasteiger partial charge in [-0.05, 0) is 38.3 Å². The van der Waals surface area contributed by atoms with Crippen LogP contribution in [-0.2, 0) is 4.74 Å². The molecule has 0 radical (unpaired) electrons. The number of aromatic nitrogens is 6. The first kappa shape index (κ1) is 28.6. The van der Waals surface area contributed by atoms with Crippen LogP contribution in [0.3, 0.4) is 0 Å². The quantitative estimate of drug-likeness (QED) is 0.273. The van der Waals surface area contributed by atoms with E-state index in [1.54, 1.807) is 18.6 Å². The van der Waals surface area contributed by atoms with Crippen molar-refractivity contribution in [2.75, 3.05) is 32.8 Å². The molecule has 43 heavy (non-hydrogen) atoms. The molecule has 2 N–H and O–H groups in total. The van der Waals surface area contributed by atoms with Gasteiger partial charge in [-0.1, -0.05) is 30.3 Å². The van der Waals surface area contributed by atoms with Crippen molar-refractivity contribution in [2.24, 2.45) is 0 Å². The van der Waals surface area contributed by atoms with Crippen molar-refractivity contribution in [3.63, 3.8) is 0 Å². The molecular formula is C30H32N8O4S. The summed E-state index contributed by atoms with van der Waals surface area (Å²) < 4.78 is 9.63. The highest BCUT2D eigenvalue weighted by Gasteiger charge is 2.24. The molecule has 0 aliphatic carbocycles. The van der Waals surface area contributed by atoms with E-state index in [-0.39, 0.29) is 6.23 Å². The number of carbonyl (C=O) groups is 2.